The van der Waals surface area contributed by atoms with Crippen LogP contribution < -0.4 is 10.5 Å². The van der Waals surface area contributed by atoms with Crippen LogP contribution >= 0.6 is 0 Å². The van der Waals surface area contributed by atoms with E-state index in [1.807, 2.05) is 12.1 Å². The van der Waals surface area contributed by atoms with Gasteiger partial charge < -0.3 is 10.5 Å². The zero-order valence-corrected chi connectivity index (χ0v) is 12.4. The number of methoxy groups -OCH3 is 1. The first-order chi connectivity index (χ1) is 9.80. The second kappa shape index (κ2) is 6.15. The Morgan fingerprint density at radius 2 is 1.65 bits per heavy atom. The molecular weight excluding hydrogens is 248 g/mol. The molecule has 2 fully saturated rings. The molecule has 2 aliphatic rings. The van der Waals surface area contributed by atoms with E-state index < -0.39 is 0 Å². The Morgan fingerprint density at radius 1 is 1.10 bits per heavy atom. The van der Waals surface area contributed by atoms with E-state index in [2.05, 4.69) is 17.0 Å². The van der Waals surface area contributed by atoms with Crippen molar-refractivity contribution >= 4 is 0 Å². The van der Waals surface area contributed by atoms with Crippen molar-refractivity contribution in [2.45, 2.75) is 31.7 Å². The van der Waals surface area contributed by atoms with Crippen LogP contribution in [0.4, 0.5) is 0 Å². The molecule has 0 spiro atoms. The molecule has 0 bridgehead atoms. The van der Waals surface area contributed by atoms with Gasteiger partial charge in [-0.15, -0.1) is 0 Å². The van der Waals surface area contributed by atoms with E-state index >= 15 is 0 Å². The van der Waals surface area contributed by atoms with E-state index in [4.69, 9.17) is 10.5 Å². The van der Waals surface area contributed by atoms with E-state index in [1.165, 1.54) is 44.3 Å². The Labute approximate surface area is 122 Å². The average molecular weight is 274 g/mol. The molecule has 0 radical (unpaired) electrons. The second-order valence-electron chi connectivity index (χ2n) is 6.37. The second-order valence-corrected chi connectivity index (χ2v) is 6.37. The van der Waals surface area contributed by atoms with Crippen LogP contribution in [0, 0.1) is 11.8 Å². The van der Waals surface area contributed by atoms with E-state index in [-0.39, 0.29) is 0 Å². The summed E-state index contributed by atoms with van der Waals surface area (Å²) >= 11 is 0. The van der Waals surface area contributed by atoms with Gasteiger partial charge in [-0.1, -0.05) is 12.1 Å². The number of hydrogen-bond acceptors (Lipinski definition) is 3. The summed E-state index contributed by atoms with van der Waals surface area (Å²) < 4.78 is 5.25. The summed E-state index contributed by atoms with van der Waals surface area (Å²) in [6, 6.07) is 8.79. The third kappa shape index (κ3) is 3.53. The van der Waals surface area contributed by atoms with Crippen molar-refractivity contribution in [2.24, 2.45) is 17.6 Å². The normalized spacial score (nSPS) is 20.1. The SMILES string of the molecule is COc1ccc(C(CN)N(CC2CC2)CC2CC2)cc1. The molecule has 3 rings (SSSR count). The minimum absolute atomic E-state index is 0.363. The maximum Gasteiger partial charge on any atom is 0.118 e. The van der Waals surface area contributed by atoms with Crippen LogP contribution in [-0.4, -0.2) is 31.6 Å². The van der Waals surface area contributed by atoms with Crippen LogP contribution in [-0.2, 0) is 0 Å². The molecule has 0 amide bonds. The Morgan fingerprint density at radius 3 is 2.05 bits per heavy atom. The quantitative estimate of drug-likeness (QED) is 0.792. The topological polar surface area (TPSA) is 38.5 Å². The molecule has 2 aliphatic carbocycles. The molecule has 110 valence electrons. The summed E-state index contributed by atoms with van der Waals surface area (Å²) in [6.07, 6.45) is 5.62. The predicted molar refractivity (Wildman–Crippen MR) is 81.8 cm³/mol. The zero-order valence-electron chi connectivity index (χ0n) is 12.4. The van der Waals surface area contributed by atoms with Crippen LogP contribution in [0.3, 0.4) is 0 Å². The van der Waals surface area contributed by atoms with Crippen molar-refractivity contribution < 1.29 is 4.74 Å². The van der Waals surface area contributed by atoms with Crippen molar-refractivity contribution in [1.29, 1.82) is 0 Å². The van der Waals surface area contributed by atoms with Crippen LogP contribution in [0.1, 0.15) is 37.3 Å². The highest BCUT2D eigenvalue weighted by atomic mass is 16.5. The molecule has 3 heteroatoms. The van der Waals surface area contributed by atoms with Crippen molar-refractivity contribution in [3.8, 4) is 5.75 Å². The third-order valence-electron chi connectivity index (χ3n) is 4.54. The fourth-order valence-corrected chi connectivity index (χ4v) is 2.92. The van der Waals surface area contributed by atoms with E-state index in [0.29, 0.717) is 12.6 Å². The highest BCUT2D eigenvalue weighted by Gasteiger charge is 2.32. The minimum atomic E-state index is 0.363. The third-order valence-corrected chi connectivity index (χ3v) is 4.54. The highest BCUT2D eigenvalue weighted by molar-refractivity contribution is 5.29. The van der Waals surface area contributed by atoms with Crippen LogP contribution in [0.5, 0.6) is 5.75 Å². The molecule has 0 aliphatic heterocycles. The molecule has 1 unspecified atom stereocenters. The van der Waals surface area contributed by atoms with Gasteiger partial charge in [-0.25, -0.2) is 0 Å². The Balaban J connectivity index is 1.72. The molecule has 3 nitrogen and oxygen atoms in total. The van der Waals surface area contributed by atoms with E-state index in [0.717, 1.165) is 17.6 Å². The number of hydrogen-bond donors (Lipinski definition) is 1. The summed E-state index contributed by atoms with van der Waals surface area (Å²) in [5, 5.41) is 0. The van der Waals surface area contributed by atoms with Gasteiger partial charge in [0.05, 0.1) is 7.11 Å². The summed E-state index contributed by atoms with van der Waals surface area (Å²) in [4.78, 5) is 2.64. The molecule has 1 aromatic rings. The Bertz CT molecular complexity index is 409. The van der Waals surface area contributed by atoms with Gasteiger partial charge in [0.2, 0.25) is 0 Å². The van der Waals surface area contributed by atoms with Crippen LogP contribution in [0.15, 0.2) is 24.3 Å². The first-order valence-corrected chi connectivity index (χ1v) is 7.88. The lowest BCUT2D eigenvalue weighted by atomic mass is 10.0. The molecule has 20 heavy (non-hydrogen) atoms. The van der Waals surface area contributed by atoms with Crippen molar-refractivity contribution in [3.63, 3.8) is 0 Å². The van der Waals surface area contributed by atoms with Crippen molar-refractivity contribution in [1.82, 2.24) is 4.90 Å². The maximum atomic E-state index is 6.10. The fraction of sp³-hybridized carbons (Fsp3) is 0.647. The number of rotatable bonds is 8. The van der Waals surface area contributed by atoms with Crippen molar-refractivity contribution in [2.75, 3.05) is 26.7 Å². The van der Waals surface area contributed by atoms with Gasteiger partial charge in [0.1, 0.15) is 5.75 Å². The Hall–Kier alpha value is -1.06. The van der Waals surface area contributed by atoms with Gasteiger partial charge in [0.25, 0.3) is 0 Å². The van der Waals surface area contributed by atoms with Crippen LogP contribution in [0.25, 0.3) is 0 Å². The molecular formula is C17H26N2O. The summed E-state index contributed by atoms with van der Waals surface area (Å²) in [7, 11) is 1.71. The lowest BCUT2D eigenvalue weighted by Gasteiger charge is -2.31. The van der Waals surface area contributed by atoms with Gasteiger partial charge in [-0.2, -0.15) is 0 Å². The maximum absolute atomic E-state index is 6.10. The largest absolute Gasteiger partial charge is 0.497 e. The number of nitrogens with two attached hydrogens (primary N) is 1. The van der Waals surface area contributed by atoms with Crippen molar-refractivity contribution in [3.05, 3.63) is 29.8 Å². The van der Waals surface area contributed by atoms with Gasteiger partial charge >= 0.3 is 0 Å². The highest BCUT2D eigenvalue weighted by Crippen LogP contribution is 2.37. The smallest absolute Gasteiger partial charge is 0.118 e. The van der Waals surface area contributed by atoms with Gasteiger partial charge in [-0.3, -0.25) is 4.90 Å². The predicted octanol–water partition coefficient (Wildman–Crippen LogP) is 2.82. The summed E-state index contributed by atoms with van der Waals surface area (Å²) in [6.45, 7) is 3.15. The lowest BCUT2D eigenvalue weighted by Crippen LogP contribution is -2.36. The fourth-order valence-electron chi connectivity index (χ4n) is 2.92. The van der Waals surface area contributed by atoms with E-state index in [1.54, 1.807) is 7.11 Å². The summed E-state index contributed by atoms with van der Waals surface area (Å²) in [5.41, 5.74) is 7.42. The molecule has 1 aromatic carbocycles. The average Bonchev–Trinajstić information content (AvgIpc) is 3.36. The molecule has 2 N–H and O–H groups in total. The van der Waals surface area contributed by atoms with Crippen LogP contribution in [0.2, 0.25) is 0 Å². The zero-order chi connectivity index (χ0) is 13.9. The minimum Gasteiger partial charge on any atom is -0.497 e. The lowest BCUT2D eigenvalue weighted by molar-refractivity contribution is 0.184. The number of benzene rings is 1. The molecule has 1 atom stereocenters. The standard InChI is InChI=1S/C17H26N2O/c1-20-16-8-6-15(7-9-16)17(10-18)19(11-13-2-3-13)12-14-4-5-14/h6-9,13-14,17H,2-5,10-12,18H2,1H3. The molecule has 2 saturated carbocycles. The number of ether oxygens (including phenoxy) is 1. The van der Waals surface area contributed by atoms with Gasteiger partial charge in [-0.05, 0) is 55.2 Å². The monoisotopic (exact) mass is 274 g/mol. The molecule has 0 aromatic heterocycles. The van der Waals surface area contributed by atoms with E-state index in [9.17, 15) is 0 Å². The molecule has 0 heterocycles. The van der Waals surface area contributed by atoms with Gasteiger partial charge in [0, 0.05) is 25.7 Å². The first-order valence-electron chi connectivity index (χ1n) is 7.88. The number of nitrogens with zero attached hydrogens (tertiary/aromatic N) is 1. The summed E-state index contributed by atoms with van der Waals surface area (Å²) in [5.74, 6) is 2.75. The first kappa shape index (κ1) is 13.9. The Kier molecular flexibility index (Phi) is 4.27. The van der Waals surface area contributed by atoms with Gasteiger partial charge in [0.15, 0.2) is 0 Å². The molecule has 0 saturated heterocycles.